The van der Waals surface area contributed by atoms with E-state index in [1.54, 1.807) is 48.5 Å². The number of hydrogen-bond donors (Lipinski definition) is 0. The minimum atomic E-state index is -3.86. The second-order valence-electron chi connectivity index (χ2n) is 7.75. The van der Waals surface area contributed by atoms with E-state index in [0.29, 0.717) is 10.6 Å². The largest absolute Gasteiger partial charge is 0.300 e. The van der Waals surface area contributed by atoms with E-state index in [-0.39, 0.29) is 17.4 Å². The molecule has 0 saturated heterocycles. The number of nitrogens with zero attached hydrogens (tertiary/aromatic N) is 1. The maximum atomic E-state index is 14.1. The van der Waals surface area contributed by atoms with Gasteiger partial charge in [-0.15, -0.1) is 0 Å². The second kappa shape index (κ2) is 9.56. The van der Waals surface area contributed by atoms with Crippen molar-refractivity contribution in [2.75, 3.05) is 6.54 Å². The van der Waals surface area contributed by atoms with Crippen LogP contribution in [0, 0.1) is 24.5 Å². The molecule has 0 unspecified atom stereocenters. The first-order valence-electron chi connectivity index (χ1n) is 10.1. The summed E-state index contributed by atoms with van der Waals surface area (Å²) in [6.45, 7) is 5.95. The average Bonchev–Trinajstić information content (AvgIpc) is 2.77. The molecular formula is C25H26NO3PS. The third-order valence-corrected chi connectivity index (χ3v) is 8.87. The fraction of sp³-hybridized carbons (Fsp3) is 0.200. The molecule has 0 aliphatic heterocycles. The Balaban J connectivity index is 2.13. The molecule has 0 aliphatic rings. The number of sulfonamides is 1. The first kappa shape index (κ1) is 22.9. The highest BCUT2D eigenvalue weighted by Gasteiger charge is 2.27. The van der Waals surface area contributed by atoms with Crippen LogP contribution in [0.2, 0.25) is 0 Å². The molecule has 31 heavy (non-hydrogen) atoms. The molecule has 4 nitrogen and oxygen atoms in total. The van der Waals surface area contributed by atoms with E-state index in [1.807, 2.05) is 57.2 Å². The quantitative estimate of drug-likeness (QED) is 0.313. The lowest BCUT2D eigenvalue weighted by Gasteiger charge is -2.21. The lowest BCUT2D eigenvalue weighted by Crippen LogP contribution is -2.30. The van der Waals surface area contributed by atoms with Gasteiger partial charge in [-0.05, 0) is 30.6 Å². The number of rotatable bonds is 6. The molecule has 6 heteroatoms. The van der Waals surface area contributed by atoms with Crippen LogP contribution in [0.15, 0.2) is 89.8 Å². The van der Waals surface area contributed by atoms with Crippen LogP contribution < -0.4 is 10.6 Å². The van der Waals surface area contributed by atoms with E-state index in [4.69, 9.17) is 0 Å². The van der Waals surface area contributed by atoms with Crippen molar-refractivity contribution >= 4 is 27.8 Å². The predicted octanol–water partition coefficient (Wildman–Crippen LogP) is 4.57. The molecular weight excluding hydrogens is 425 g/mol. The normalized spacial score (nSPS) is 11.6. The molecule has 0 spiro atoms. The Hall–Kier alpha value is -2.80. The summed E-state index contributed by atoms with van der Waals surface area (Å²) < 4.78 is 41.9. The van der Waals surface area contributed by atoms with E-state index in [1.165, 1.54) is 0 Å². The van der Waals surface area contributed by atoms with Gasteiger partial charge in [0.2, 0.25) is 7.14 Å². The van der Waals surface area contributed by atoms with Gasteiger partial charge in [0, 0.05) is 23.2 Å². The molecule has 160 valence electrons. The summed E-state index contributed by atoms with van der Waals surface area (Å²) in [4.78, 5) is 0.169. The molecule has 3 rings (SSSR count). The first-order valence-corrected chi connectivity index (χ1v) is 13.2. The highest BCUT2D eigenvalue weighted by atomic mass is 32.2. The summed E-state index contributed by atoms with van der Waals surface area (Å²) in [6.07, 6.45) is 0. The van der Waals surface area contributed by atoms with E-state index < -0.39 is 17.2 Å². The van der Waals surface area contributed by atoms with Crippen molar-refractivity contribution in [2.24, 2.45) is 5.92 Å². The van der Waals surface area contributed by atoms with Gasteiger partial charge in [-0.25, -0.2) is 12.7 Å². The van der Waals surface area contributed by atoms with Crippen LogP contribution in [0.4, 0.5) is 0 Å². The summed E-state index contributed by atoms with van der Waals surface area (Å²) in [6, 6.07) is 27.4. The van der Waals surface area contributed by atoms with Crippen LogP contribution in [0.1, 0.15) is 19.4 Å². The van der Waals surface area contributed by atoms with Crippen LogP contribution in [-0.2, 0) is 14.6 Å². The maximum absolute atomic E-state index is 14.1. The number of benzene rings is 3. The zero-order valence-electron chi connectivity index (χ0n) is 17.9. The molecule has 3 aromatic rings. The molecule has 0 aliphatic carbocycles. The Kier molecular flexibility index (Phi) is 7.05. The third-order valence-electron chi connectivity index (χ3n) is 4.71. The van der Waals surface area contributed by atoms with Gasteiger partial charge >= 0.3 is 0 Å². The summed E-state index contributed by atoms with van der Waals surface area (Å²) in [7, 11) is -7.22. The van der Waals surface area contributed by atoms with Crippen LogP contribution in [0.5, 0.6) is 0 Å². The Morgan fingerprint density at radius 3 is 1.77 bits per heavy atom. The van der Waals surface area contributed by atoms with Crippen molar-refractivity contribution in [2.45, 2.75) is 25.7 Å². The van der Waals surface area contributed by atoms with Gasteiger partial charge in [0.25, 0.3) is 10.0 Å². The van der Waals surface area contributed by atoms with Crippen molar-refractivity contribution in [1.82, 2.24) is 4.31 Å². The summed E-state index contributed by atoms with van der Waals surface area (Å²) in [5.41, 5.74) is 3.84. The number of aryl methyl sites for hydroxylation is 1. The maximum Gasteiger partial charge on any atom is 0.270 e. The molecule has 0 N–H and O–H groups in total. The fourth-order valence-electron chi connectivity index (χ4n) is 3.05. The highest BCUT2D eigenvalue weighted by Crippen LogP contribution is 2.42. The van der Waals surface area contributed by atoms with Crippen LogP contribution in [0.3, 0.4) is 0 Å². The molecule has 0 aromatic heterocycles. The minimum Gasteiger partial charge on any atom is -0.300 e. The van der Waals surface area contributed by atoms with Gasteiger partial charge < -0.3 is 0 Å². The van der Waals surface area contributed by atoms with Crippen LogP contribution in [0.25, 0.3) is 0 Å². The Labute approximate surface area is 185 Å². The monoisotopic (exact) mass is 451 g/mol. The average molecular weight is 452 g/mol. The molecule has 0 saturated carbocycles. The van der Waals surface area contributed by atoms with E-state index >= 15 is 0 Å². The third kappa shape index (κ3) is 5.28. The van der Waals surface area contributed by atoms with Crippen molar-refractivity contribution in [3.8, 4) is 11.7 Å². The van der Waals surface area contributed by atoms with Gasteiger partial charge in [-0.3, -0.25) is 4.57 Å². The topological polar surface area (TPSA) is 54.5 Å². The lowest BCUT2D eigenvalue weighted by molar-refractivity contribution is 0.457. The molecule has 0 fully saturated rings. The number of hydrogen-bond acceptors (Lipinski definition) is 3. The summed E-state index contributed by atoms with van der Waals surface area (Å²) in [5.74, 6) is 0.0439. The van der Waals surface area contributed by atoms with Crippen LogP contribution >= 0.6 is 7.14 Å². The summed E-state index contributed by atoms with van der Waals surface area (Å²) in [5, 5.41) is 1.15. The van der Waals surface area contributed by atoms with Gasteiger partial charge in [-0.1, -0.05) is 92.2 Å². The molecule has 0 heterocycles. The van der Waals surface area contributed by atoms with Gasteiger partial charge in [-0.2, -0.15) is 0 Å². The van der Waals surface area contributed by atoms with Crippen molar-refractivity contribution < 1.29 is 13.0 Å². The Morgan fingerprint density at radius 1 is 0.839 bits per heavy atom. The molecule has 0 atom stereocenters. The summed E-state index contributed by atoms with van der Waals surface area (Å²) >= 11 is 0. The van der Waals surface area contributed by atoms with Gasteiger partial charge in [0.1, 0.15) is 0 Å². The molecule has 0 amide bonds. The minimum absolute atomic E-state index is 0.0439. The van der Waals surface area contributed by atoms with E-state index in [9.17, 15) is 13.0 Å². The van der Waals surface area contributed by atoms with Crippen LogP contribution in [-0.4, -0.2) is 19.3 Å². The molecule has 3 aromatic carbocycles. The van der Waals surface area contributed by atoms with Crippen molar-refractivity contribution in [3.63, 3.8) is 0 Å². The van der Waals surface area contributed by atoms with E-state index in [2.05, 4.69) is 11.7 Å². The zero-order valence-corrected chi connectivity index (χ0v) is 19.6. The Bertz CT molecular complexity index is 1180. The van der Waals surface area contributed by atoms with Gasteiger partial charge in [0.05, 0.1) is 4.90 Å². The molecule has 0 bridgehead atoms. The Morgan fingerprint density at radius 2 is 1.32 bits per heavy atom. The lowest BCUT2D eigenvalue weighted by atomic mass is 10.2. The smallest absolute Gasteiger partial charge is 0.270 e. The standard InChI is InChI=1S/C25H26NO3PS/c1-21(2)20-26(31(28,29)25-16-14-22(3)15-17-25)18-19-30(27,23-10-6-4-7-11-23)24-12-8-5-9-13-24/h4-17,21H,20H2,1-3H3. The van der Waals surface area contributed by atoms with Crippen molar-refractivity contribution in [1.29, 1.82) is 0 Å². The van der Waals surface area contributed by atoms with E-state index in [0.717, 1.165) is 9.87 Å². The van der Waals surface area contributed by atoms with Gasteiger partial charge in [0.15, 0.2) is 0 Å². The van der Waals surface area contributed by atoms with Crippen molar-refractivity contribution in [3.05, 3.63) is 90.5 Å². The molecule has 0 radical (unpaired) electrons. The zero-order chi connectivity index (χ0) is 22.5. The second-order valence-corrected chi connectivity index (χ2v) is 12.1. The first-order chi connectivity index (χ1) is 14.7. The SMILES string of the molecule is Cc1ccc(S(=O)(=O)N(C#CP(=O)(c2ccccc2)c2ccccc2)CC(C)C)cc1. The highest BCUT2D eigenvalue weighted by molar-refractivity contribution is 7.89. The fourth-order valence-corrected chi connectivity index (χ4v) is 6.52. The predicted molar refractivity (Wildman–Crippen MR) is 127 cm³/mol.